The summed E-state index contributed by atoms with van der Waals surface area (Å²) >= 11 is 1.21. The summed E-state index contributed by atoms with van der Waals surface area (Å²) in [5, 5.41) is 3.20. The van der Waals surface area contributed by atoms with Gasteiger partial charge >= 0.3 is 0 Å². The van der Waals surface area contributed by atoms with Gasteiger partial charge in [0.05, 0.1) is 10.6 Å². The van der Waals surface area contributed by atoms with Crippen LogP contribution in [0.15, 0.2) is 58.4 Å². The molecule has 1 heterocycles. The summed E-state index contributed by atoms with van der Waals surface area (Å²) in [5.74, 6) is -0.617. The van der Waals surface area contributed by atoms with Gasteiger partial charge in [-0.3, -0.25) is 4.79 Å². The van der Waals surface area contributed by atoms with E-state index >= 15 is 0 Å². The first kappa shape index (κ1) is 14.5. The van der Waals surface area contributed by atoms with Gasteiger partial charge in [-0.2, -0.15) is 0 Å². The fraction of sp³-hybridized carbons (Fsp3) is 0.0588. The average molecular weight is 312 g/mol. The monoisotopic (exact) mass is 312 g/mol. The maximum atomic E-state index is 13.7. The van der Waals surface area contributed by atoms with Crippen molar-refractivity contribution in [1.82, 2.24) is 5.32 Å². The summed E-state index contributed by atoms with van der Waals surface area (Å²) in [5.41, 5.74) is 2.21. The molecule has 0 bridgehead atoms. The molecular weight excluding hydrogens is 299 g/mol. The Morgan fingerprint density at radius 3 is 2.64 bits per heavy atom. The van der Waals surface area contributed by atoms with E-state index in [0.29, 0.717) is 15.6 Å². The molecule has 1 aliphatic heterocycles. The molecule has 0 saturated carbocycles. The third kappa shape index (κ3) is 3.09. The van der Waals surface area contributed by atoms with Crippen molar-refractivity contribution in [3.8, 4) is 0 Å². The van der Waals surface area contributed by atoms with E-state index in [2.05, 4.69) is 10.3 Å². The average Bonchev–Trinajstić information content (AvgIpc) is 2.84. The third-order valence-corrected chi connectivity index (χ3v) is 4.09. The van der Waals surface area contributed by atoms with Crippen LogP contribution >= 0.6 is 11.8 Å². The van der Waals surface area contributed by atoms with E-state index in [1.165, 1.54) is 23.9 Å². The second-order valence-corrected chi connectivity index (χ2v) is 5.82. The van der Waals surface area contributed by atoms with Gasteiger partial charge in [-0.25, -0.2) is 9.38 Å². The van der Waals surface area contributed by atoms with E-state index in [1.807, 2.05) is 31.2 Å². The molecule has 1 fully saturated rings. The Bertz CT molecular complexity index is 799. The zero-order chi connectivity index (χ0) is 15.5. The van der Waals surface area contributed by atoms with E-state index in [4.69, 9.17) is 0 Å². The molecule has 0 spiro atoms. The first-order valence-electron chi connectivity index (χ1n) is 6.73. The number of aryl methyl sites for hydroxylation is 1. The standard InChI is InChI=1S/C17H13FN2OS/c1-11-6-2-5-9-14(11)19-17-20-16(21)15(22-17)10-12-7-3-4-8-13(12)18/h2-10H,1H3,(H,19,20,21)/b15-10+. The fourth-order valence-corrected chi connectivity index (χ4v) is 2.84. The number of para-hydroxylation sites is 1. The molecule has 22 heavy (non-hydrogen) atoms. The number of aliphatic imine (C=N–C) groups is 1. The zero-order valence-corrected chi connectivity index (χ0v) is 12.7. The summed E-state index contributed by atoms with van der Waals surface area (Å²) in [6.45, 7) is 1.96. The van der Waals surface area contributed by atoms with Crippen LogP contribution in [0, 0.1) is 12.7 Å². The molecule has 0 unspecified atom stereocenters. The number of carbonyl (C=O) groups excluding carboxylic acids is 1. The Morgan fingerprint density at radius 1 is 1.14 bits per heavy atom. The molecule has 5 heteroatoms. The van der Waals surface area contributed by atoms with Crippen molar-refractivity contribution in [3.05, 3.63) is 70.4 Å². The number of nitrogens with zero attached hydrogens (tertiary/aromatic N) is 1. The quantitative estimate of drug-likeness (QED) is 0.851. The maximum absolute atomic E-state index is 13.7. The van der Waals surface area contributed by atoms with Gasteiger partial charge in [0.2, 0.25) is 0 Å². The lowest BCUT2D eigenvalue weighted by atomic mass is 10.2. The molecule has 1 aliphatic rings. The lowest BCUT2D eigenvalue weighted by molar-refractivity contribution is -0.115. The summed E-state index contributed by atoms with van der Waals surface area (Å²) in [6.07, 6.45) is 1.54. The summed E-state index contributed by atoms with van der Waals surface area (Å²) in [6, 6.07) is 14.0. The highest BCUT2D eigenvalue weighted by atomic mass is 32.2. The minimum absolute atomic E-state index is 0.263. The van der Waals surface area contributed by atoms with Gasteiger partial charge in [0, 0.05) is 5.56 Å². The van der Waals surface area contributed by atoms with Crippen molar-refractivity contribution in [2.75, 3.05) is 0 Å². The van der Waals surface area contributed by atoms with Crippen molar-refractivity contribution in [2.45, 2.75) is 6.92 Å². The van der Waals surface area contributed by atoms with Gasteiger partial charge in [-0.05, 0) is 42.5 Å². The number of halogens is 1. The highest BCUT2D eigenvalue weighted by Crippen LogP contribution is 2.29. The molecule has 1 N–H and O–H groups in total. The summed E-state index contributed by atoms with van der Waals surface area (Å²) in [7, 11) is 0. The molecule has 0 aliphatic carbocycles. The molecule has 0 atom stereocenters. The van der Waals surface area contributed by atoms with Gasteiger partial charge < -0.3 is 5.32 Å². The van der Waals surface area contributed by atoms with Crippen molar-refractivity contribution in [2.24, 2.45) is 4.99 Å². The number of nitrogens with one attached hydrogen (secondary N) is 1. The van der Waals surface area contributed by atoms with E-state index in [-0.39, 0.29) is 11.7 Å². The van der Waals surface area contributed by atoms with Crippen LogP contribution in [0.2, 0.25) is 0 Å². The van der Waals surface area contributed by atoms with Crippen LogP contribution in [0.3, 0.4) is 0 Å². The van der Waals surface area contributed by atoms with Crippen LogP contribution in [0.5, 0.6) is 0 Å². The highest BCUT2D eigenvalue weighted by molar-refractivity contribution is 8.18. The normalized spacial score (nSPS) is 18.0. The number of rotatable bonds is 2. The van der Waals surface area contributed by atoms with Crippen LogP contribution in [-0.4, -0.2) is 11.1 Å². The predicted molar refractivity (Wildman–Crippen MR) is 88.4 cm³/mol. The highest BCUT2D eigenvalue weighted by Gasteiger charge is 2.24. The van der Waals surface area contributed by atoms with Gasteiger partial charge in [-0.15, -0.1) is 0 Å². The van der Waals surface area contributed by atoms with Gasteiger partial charge in [-0.1, -0.05) is 36.4 Å². The molecule has 3 nitrogen and oxygen atoms in total. The van der Waals surface area contributed by atoms with Crippen molar-refractivity contribution in [1.29, 1.82) is 0 Å². The van der Waals surface area contributed by atoms with Crippen LogP contribution < -0.4 is 5.32 Å². The lowest BCUT2D eigenvalue weighted by Crippen LogP contribution is -2.19. The van der Waals surface area contributed by atoms with E-state index < -0.39 is 0 Å². The molecule has 0 aromatic heterocycles. The minimum atomic E-state index is -0.354. The van der Waals surface area contributed by atoms with E-state index in [9.17, 15) is 9.18 Å². The van der Waals surface area contributed by atoms with Gasteiger partial charge in [0.1, 0.15) is 5.82 Å². The molecule has 3 rings (SSSR count). The Labute approximate surface area is 132 Å². The fourth-order valence-electron chi connectivity index (χ4n) is 2.01. The second kappa shape index (κ2) is 6.15. The summed E-state index contributed by atoms with van der Waals surface area (Å²) < 4.78 is 13.7. The maximum Gasteiger partial charge on any atom is 0.264 e. The molecular formula is C17H13FN2OS. The van der Waals surface area contributed by atoms with Crippen molar-refractivity contribution >= 4 is 34.6 Å². The molecule has 2 aromatic rings. The molecule has 1 amide bonds. The lowest BCUT2D eigenvalue weighted by Gasteiger charge is -1.99. The molecule has 2 aromatic carbocycles. The van der Waals surface area contributed by atoms with E-state index in [1.54, 1.807) is 18.2 Å². The number of carbonyl (C=O) groups is 1. The van der Waals surface area contributed by atoms with Gasteiger partial charge in [0.25, 0.3) is 5.91 Å². The van der Waals surface area contributed by atoms with Crippen LogP contribution in [-0.2, 0) is 4.79 Å². The zero-order valence-electron chi connectivity index (χ0n) is 11.8. The van der Waals surface area contributed by atoms with Crippen molar-refractivity contribution < 1.29 is 9.18 Å². The Kier molecular flexibility index (Phi) is 4.06. The first-order valence-corrected chi connectivity index (χ1v) is 7.55. The largest absolute Gasteiger partial charge is 0.300 e. The number of amidine groups is 1. The number of hydrogen-bond acceptors (Lipinski definition) is 3. The topological polar surface area (TPSA) is 41.5 Å². The second-order valence-electron chi connectivity index (χ2n) is 4.79. The van der Waals surface area contributed by atoms with Crippen LogP contribution in [0.4, 0.5) is 10.1 Å². The number of hydrogen-bond donors (Lipinski definition) is 1. The van der Waals surface area contributed by atoms with E-state index in [0.717, 1.165) is 11.3 Å². The predicted octanol–water partition coefficient (Wildman–Crippen LogP) is 4.03. The Hall–Kier alpha value is -2.40. The first-order chi connectivity index (χ1) is 10.6. The van der Waals surface area contributed by atoms with Crippen LogP contribution in [0.25, 0.3) is 6.08 Å². The van der Waals surface area contributed by atoms with Crippen LogP contribution in [0.1, 0.15) is 11.1 Å². The summed E-state index contributed by atoms with van der Waals surface area (Å²) in [4.78, 5) is 16.8. The Balaban J connectivity index is 1.88. The number of amides is 1. The molecule has 110 valence electrons. The smallest absolute Gasteiger partial charge is 0.264 e. The molecule has 0 radical (unpaired) electrons. The third-order valence-electron chi connectivity index (χ3n) is 3.18. The molecule has 1 saturated heterocycles. The number of benzene rings is 2. The minimum Gasteiger partial charge on any atom is -0.300 e. The number of thioether (sulfide) groups is 1. The van der Waals surface area contributed by atoms with Gasteiger partial charge in [0.15, 0.2) is 5.17 Å². The van der Waals surface area contributed by atoms with Crippen molar-refractivity contribution in [3.63, 3.8) is 0 Å². The Morgan fingerprint density at radius 2 is 1.86 bits per heavy atom. The SMILES string of the molecule is Cc1ccccc1N=C1NC(=O)/C(=C\c2ccccc2F)S1.